The first kappa shape index (κ1) is 31.2. The number of thioether (sulfide) groups is 1. The Balaban J connectivity index is 1.22. The molecule has 0 saturated carbocycles. The maximum Gasteiger partial charge on any atom is 0.272 e. The predicted molar refractivity (Wildman–Crippen MR) is 184 cm³/mol. The quantitative estimate of drug-likeness (QED) is 0.107. The molecule has 1 unspecified atom stereocenters. The van der Waals surface area contributed by atoms with Gasteiger partial charge in [-0.15, -0.1) is 11.8 Å². The second-order valence-corrected chi connectivity index (χ2v) is 11.9. The highest BCUT2D eigenvalue weighted by atomic mass is 32.2. The Morgan fingerprint density at radius 2 is 1.43 bits per heavy atom. The normalized spacial score (nSPS) is 12.6. The molecule has 1 aliphatic heterocycles. The predicted octanol–water partition coefficient (Wildman–Crippen LogP) is 7.61. The summed E-state index contributed by atoms with van der Waals surface area (Å²) in [5, 5.41) is 8.11. The Morgan fingerprint density at radius 3 is 2.21 bits per heavy atom. The summed E-state index contributed by atoms with van der Waals surface area (Å²) in [7, 11) is 0. The van der Waals surface area contributed by atoms with Crippen LogP contribution in [0.25, 0.3) is 6.08 Å². The minimum Gasteiger partial charge on any atom is -0.454 e. The van der Waals surface area contributed by atoms with Crippen molar-refractivity contribution in [2.45, 2.75) is 17.1 Å². The third-order valence-electron chi connectivity index (χ3n) is 7.34. The number of nitrogens with one attached hydrogen (secondary N) is 3. The molecule has 1 aliphatic rings. The fourth-order valence-electron chi connectivity index (χ4n) is 4.91. The summed E-state index contributed by atoms with van der Waals surface area (Å²) >= 11 is 1.35. The summed E-state index contributed by atoms with van der Waals surface area (Å²) in [6, 6.07) is 38.3. The van der Waals surface area contributed by atoms with Gasteiger partial charge in [-0.05, 0) is 72.2 Å². The van der Waals surface area contributed by atoms with Crippen molar-refractivity contribution in [1.82, 2.24) is 5.32 Å². The van der Waals surface area contributed by atoms with Gasteiger partial charge in [0.2, 0.25) is 12.7 Å². The van der Waals surface area contributed by atoms with Gasteiger partial charge in [0.15, 0.2) is 11.5 Å². The first-order chi connectivity index (χ1) is 22.9. The van der Waals surface area contributed by atoms with E-state index >= 15 is 0 Å². The molecule has 6 rings (SSSR count). The monoisotopic (exact) mass is 641 g/mol. The molecule has 1 heterocycles. The standard InChI is InChI=1S/C38H31N3O5S/c1-25-11-8-9-16-28(25)21-32(41-36(42)27-14-6-3-7-15-27)37(43)39-29-17-10-18-31(22-29)47-35(26-12-4-2-5-13-26)38(44)40-30-19-20-33-34(23-30)46-24-45-33/h2-23,35H,24H2,1H3,(H,39,43)(H,40,44)(H,41,42)/b32-21-. The number of hydrogen-bond acceptors (Lipinski definition) is 6. The first-order valence-electron chi connectivity index (χ1n) is 14.9. The zero-order valence-corrected chi connectivity index (χ0v) is 26.3. The number of aryl methyl sites for hydroxylation is 1. The van der Waals surface area contributed by atoms with E-state index in [4.69, 9.17) is 9.47 Å². The molecule has 0 saturated heterocycles. The molecule has 9 heteroatoms. The van der Waals surface area contributed by atoms with E-state index in [1.54, 1.807) is 60.7 Å². The lowest BCUT2D eigenvalue weighted by molar-refractivity contribution is -0.116. The van der Waals surface area contributed by atoms with Crippen LogP contribution < -0.4 is 25.4 Å². The number of carbonyl (C=O) groups excluding carboxylic acids is 3. The Labute approximate surface area is 276 Å². The van der Waals surface area contributed by atoms with Gasteiger partial charge in [-0.3, -0.25) is 14.4 Å². The van der Waals surface area contributed by atoms with E-state index in [0.717, 1.165) is 21.6 Å². The van der Waals surface area contributed by atoms with Gasteiger partial charge in [-0.2, -0.15) is 0 Å². The molecule has 3 amide bonds. The number of hydrogen-bond donors (Lipinski definition) is 3. The Hall–Kier alpha value is -5.80. The van der Waals surface area contributed by atoms with Crippen molar-refractivity contribution in [2.75, 3.05) is 17.4 Å². The highest BCUT2D eigenvalue weighted by molar-refractivity contribution is 8.00. The van der Waals surface area contributed by atoms with Gasteiger partial charge < -0.3 is 25.4 Å². The number of amides is 3. The molecule has 5 aromatic carbocycles. The molecule has 0 bridgehead atoms. The summed E-state index contributed by atoms with van der Waals surface area (Å²) in [5.41, 5.74) is 4.19. The lowest BCUT2D eigenvalue weighted by Gasteiger charge is -2.18. The van der Waals surface area contributed by atoms with Gasteiger partial charge >= 0.3 is 0 Å². The average molecular weight is 642 g/mol. The molecule has 5 aromatic rings. The van der Waals surface area contributed by atoms with Crippen LogP contribution in [0.2, 0.25) is 0 Å². The SMILES string of the molecule is Cc1ccccc1/C=C(\NC(=O)c1ccccc1)C(=O)Nc1cccc(SC(C(=O)Nc2ccc3c(c2)OCO3)c2ccccc2)c1. The topological polar surface area (TPSA) is 106 Å². The lowest BCUT2D eigenvalue weighted by atomic mass is 10.1. The number of fused-ring (bicyclic) bond motifs is 1. The van der Waals surface area contributed by atoms with E-state index in [2.05, 4.69) is 16.0 Å². The minimum absolute atomic E-state index is 0.0940. The molecule has 1 atom stereocenters. The van der Waals surface area contributed by atoms with E-state index < -0.39 is 17.1 Å². The van der Waals surface area contributed by atoms with Gasteiger partial charge in [0.25, 0.3) is 11.8 Å². The number of rotatable bonds is 10. The largest absolute Gasteiger partial charge is 0.454 e. The molecule has 0 spiro atoms. The Kier molecular flexibility index (Phi) is 9.64. The van der Waals surface area contributed by atoms with Crippen LogP contribution in [0, 0.1) is 6.92 Å². The summed E-state index contributed by atoms with van der Waals surface area (Å²) in [6.07, 6.45) is 1.66. The molecule has 0 aromatic heterocycles. The number of benzene rings is 5. The van der Waals surface area contributed by atoms with Gasteiger partial charge in [0, 0.05) is 27.9 Å². The molecular formula is C38H31N3O5S. The molecule has 47 heavy (non-hydrogen) atoms. The molecule has 0 radical (unpaired) electrons. The van der Waals surface area contributed by atoms with Crippen LogP contribution in [0.4, 0.5) is 11.4 Å². The number of carbonyl (C=O) groups is 3. The second-order valence-electron chi connectivity index (χ2n) is 10.7. The van der Waals surface area contributed by atoms with Crippen molar-refractivity contribution in [2.24, 2.45) is 0 Å². The Morgan fingerprint density at radius 1 is 0.723 bits per heavy atom. The average Bonchev–Trinajstić information content (AvgIpc) is 3.57. The molecule has 8 nitrogen and oxygen atoms in total. The third kappa shape index (κ3) is 7.89. The second kappa shape index (κ2) is 14.5. The van der Waals surface area contributed by atoms with Crippen LogP contribution >= 0.6 is 11.8 Å². The molecule has 0 aliphatic carbocycles. The van der Waals surface area contributed by atoms with Crippen molar-refractivity contribution in [3.05, 3.63) is 155 Å². The molecule has 234 valence electrons. The number of anilines is 2. The van der Waals surface area contributed by atoms with Crippen molar-refractivity contribution in [3.63, 3.8) is 0 Å². The van der Waals surface area contributed by atoms with Crippen molar-refractivity contribution < 1.29 is 23.9 Å². The summed E-state index contributed by atoms with van der Waals surface area (Å²) in [4.78, 5) is 41.1. The van der Waals surface area contributed by atoms with Crippen molar-refractivity contribution >= 4 is 46.9 Å². The summed E-state index contributed by atoms with van der Waals surface area (Å²) in [5.74, 6) is 0.101. The highest BCUT2D eigenvalue weighted by Crippen LogP contribution is 2.39. The smallest absolute Gasteiger partial charge is 0.272 e. The third-order valence-corrected chi connectivity index (χ3v) is 8.59. The molecule has 0 fully saturated rings. The maximum atomic E-state index is 13.7. The first-order valence-corrected chi connectivity index (χ1v) is 15.8. The van der Waals surface area contributed by atoms with E-state index in [9.17, 15) is 14.4 Å². The van der Waals surface area contributed by atoms with Crippen molar-refractivity contribution in [1.29, 1.82) is 0 Å². The van der Waals surface area contributed by atoms with Crippen LogP contribution in [0.15, 0.2) is 138 Å². The maximum absolute atomic E-state index is 13.7. The van der Waals surface area contributed by atoms with Crippen LogP contribution in [0.1, 0.15) is 32.3 Å². The van der Waals surface area contributed by atoms with Crippen LogP contribution in [-0.4, -0.2) is 24.5 Å². The van der Waals surface area contributed by atoms with E-state index in [1.807, 2.05) is 79.7 Å². The zero-order chi connectivity index (χ0) is 32.6. The summed E-state index contributed by atoms with van der Waals surface area (Å²) < 4.78 is 10.9. The van der Waals surface area contributed by atoms with Crippen LogP contribution in [0.5, 0.6) is 11.5 Å². The van der Waals surface area contributed by atoms with Gasteiger partial charge in [0.05, 0.1) is 0 Å². The van der Waals surface area contributed by atoms with Crippen LogP contribution in [-0.2, 0) is 9.59 Å². The van der Waals surface area contributed by atoms with E-state index in [0.29, 0.717) is 28.4 Å². The zero-order valence-electron chi connectivity index (χ0n) is 25.4. The van der Waals surface area contributed by atoms with E-state index in [-0.39, 0.29) is 18.4 Å². The Bertz CT molecular complexity index is 1950. The molecular weight excluding hydrogens is 611 g/mol. The molecule has 3 N–H and O–H groups in total. The lowest BCUT2D eigenvalue weighted by Crippen LogP contribution is -2.30. The van der Waals surface area contributed by atoms with Crippen molar-refractivity contribution in [3.8, 4) is 11.5 Å². The fraction of sp³-hybridized carbons (Fsp3) is 0.0789. The highest BCUT2D eigenvalue weighted by Gasteiger charge is 2.24. The van der Waals surface area contributed by atoms with Gasteiger partial charge in [-0.25, -0.2) is 0 Å². The van der Waals surface area contributed by atoms with E-state index in [1.165, 1.54) is 11.8 Å². The van der Waals surface area contributed by atoms with Gasteiger partial charge in [-0.1, -0.05) is 78.9 Å². The van der Waals surface area contributed by atoms with Gasteiger partial charge in [0.1, 0.15) is 10.9 Å². The fourth-order valence-corrected chi connectivity index (χ4v) is 5.99. The minimum atomic E-state index is -0.603. The number of ether oxygens (including phenoxy) is 2. The van der Waals surface area contributed by atoms with Crippen LogP contribution in [0.3, 0.4) is 0 Å². The summed E-state index contributed by atoms with van der Waals surface area (Å²) in [6.45, 7) is 2.08.